The molecule has 0 spiro atoms. The van der Waals surface area contributed by atoms with E-state index in [0.29, 0.717) is 0 Å². The maximum Gasteiger partial charge on any atom is 0.0502 e. The first-order valence-electron chi connectivity index (χ1n) is 3.89. The molecule has 0 saturated carbocycles. The molecule has 0 aliphatic heterocycles. The largest absolute Gasteiger partial charge is 0.350 e. The van der Waals surface area contributed by atoms with Gasteiger partial charge in [-0.2, -0.15) is 0 Å². The Kier molecular flexibility index (Phi) is 1.62. The van der Waals surface area contributed by atoms with Crippen molar-refractivity contribution in [1.29, 1.82) is 0 Å². The lowest BCUT2D eigenvalue weighted by Gasteiger charge is -1.99. The number of rotatable bonds is 0. The van der Waals surface area contributed by atoms with Gasteiger partial charge in [-0.25, -0.2) is 0 Å². The monoisotopic (exact) mass is 179 g/mol. The smallest absolute Gasteiger partial charge is 0.0502 e. The third kappa shape index (κ3) is 1.01. The zero-order valence-electron chi connectivity index (χ0n) is 7.13. The Balaban J connectivity index is 2.92. The average Bonchev–Trinajstić information content (AvgIpc) is 2.33. The van der Waals surface area contributed by atoms with Crippen molar-refractivity contribution in [2.75, 3.05) is 0 Å². The summed E-state index contributed by atoms with van der Waals surface area (Å²) in [6, 6.07) is 6.17. The summed E-state index contributed by atoms with van der Waals surface area (Å²) >= 11 is 6.06. The quantitative estimate of drug-likeness (QED) is 0.586. The third-order valence-electron chi connectivity index (χ3n) is 2.10. The van der Waals surface area contributed by atoms with Gasteiger partial charge in [0.15, 0.2) is 0 Å². The number of nitrogens with zero attached hydrogens (tertiary/aromatic N) is 1. The summed E-state index contributed by atoms with van der Waals surface area (Å²) in [4.78, 5) is 0. The number of halogens is 1. The topological polar surface area (TPSA) is 4.93 Å². The van der Waals surface area contributed by atoms with Crippen molar-refractivity contribution >= 4 is 22.5 Å². The lowest BCUT2D eigenvalue weighted by atomic mass is 10.2. The van der Waals surface area contributed by atoms with Crippen LogP contribution in [0.3, 0.4) is 0 Å². The van der Waals surface area contributed by atoms with Crippen LogP contribution in [0.5, 0.6) is 0 Å². The van der Waals surface area contributed by atoms with Crippen LogP contribution in [0.2, 0.25) is 5.02 Å². The second kappa shape index (κ2) is 2.53. The van der Waals surface area contributed by atoms with E-state index in [-0.39, 0.29) is 0 Å². The number of hydrogen-bond donors (Lipinski definition) is 0. The fourth-order valence-electron chi connectivity index (χ4n) is 1.46. The van der Waals surface area contributed by atoms with Gasteiger partial charge in [0.05, 0.1) is 5.02 Å². The summed E-state index contributed by atoms with van der Waals surface area (Å²) in [6.45, 7) is 2.05. The SMILES string of the molecule is Cc1cc(Cl)c2ccn(C)c2c1. The van der Waals surface area contributed by atoms with E-state index in [0.717, 1.165) is 10.4 Å². The molecule has 1 heterocycles. The van der Waals surface area contributed by atoms with Gasteiger partial charge in [0.2, 0.25) is 0 Å². The van der Waals surface area contributed by atoms with Crippen LogP contribution in [0.1, 0.15) is 5.56 Å². The molecule has 0 unspecified atom stereocenters. The average molecular weight is 180 g/mol. The van der Waals surface area contributed by atoms with E-state index < -0.39 is 0 Å². The minimum atomic E-state index is 0.839. The Labute approximate surface area is 76.6 Å². The lowest BCUT2D eigenvalue weighted by Crippen LogP contribution is -1.84. The van der Waals surface area contributed by atoms with Crippen molar-refractivity contribution in [3.63, 3.8) is 0 Å². The highest BCUT2D eigenvalue weighted by molar-refractivity contribution is 6.35. The maximum absolute atomic E-state index is 6.06. The second-order valence-corrected chi connectivity index (χ2v) is 3.51. The molecule has 2 rings (SSSR count). The first-order chi connectivity index (χ1) is 5.68. The van der Waals surface area contributed by atoms with Gasteiger partial charge < -0.3 is 4.57 Å². The van der Waals surface area contributed by atoms with E-state index >= 15 is 0 Å². The minimum Gasteiger partial charge on any atom is -0.350 e. The number of aromatic nitrogens is 1. The van der Waals surface area contributed by atoms with E-state index in [1.807, 2.05) is 25.4 Å². The fourth-order valence-corrected chi connectivity index (χ4v) is 1.79. The predicted octanol–water partition coefficient (Wildman–Crippen LogP) is 3.14. The zero-order valence-corrected chi connectivity index (χ0v) is 7.89. The van der Waals surface area contributed by atoms with Gasteiger partial charge >= 0.3 is 0 Å². The van der Waals surface area contributed by atoms with Crippen LogP contribution in [0.25, 0.3) is 10.9 Å². The number of fused-ring (bicyclic) bond motifs is 1. The number of aryl methyl sites for hydroxylation is 2. The highest BCUT2D eigenvalue weighted by Crippen LogP contribution is 2.25. The van der Waals surface area contributed by atoms with Crippen LogP contribution in [0.15, 0.2) is 24.4 Å². The molecule has 1 nitrogen and oxygen atoms in total. The maximum atomic E-state index is 6.06. The number of benzene rings is 1. The van der Waals surface area contributed by atoms with Crippen molar-refractivity contribution in [3.05, 3.63) is 35.0 Å². The Morgan fingerprint density at radius 3 is 2.83 bits per heavy atom. The first kappa shape index (κ1) is 7.69. The lowest BCUT2D eigenvalue weighted by molar-refractivity contribution is 0.968. The molecular weight excluding hydrogens is 170 g/mol. The summed E-state index contributed by atoms with van der Waals surface area (Å²) in [5.41, 5.74) is 2.40. The highest BCUT2D eigenvalue weighted by atomic mass is 35.5. The molecule has 0 radical (unpaired) electrons. The summed E-state index contributed by atoms with van der Waals surface area (Å²) in [6.07, 6.45) is 2.02. The third-order valence-corrected chi connectivity index (χ3v) is 2.41. The summed E-state index contributed by atoms with van der Waals surface area (Å²) < 4.78 is 2.08. The Morgan fingerprint density at radius 2 is 2.08 bits per heavy atom. The van der Waals surface area contributed by atoms with Crippen LogP contribution in [0, 0.1) is 6.92 Å². The molecule has 0 N–H and O–H groups in total. The van der Waals surface area contributed by atoms with Crippen molar-refractivity contribution in [2.24, 2.45) is 7.05 Å². The van der Waals surface area contributed by atoms with Crippen molar-refractivity contribution in [2.45, 2.75) is 6.92 Å². The van der Waals surface area contributed by atoms with Gasteiger partial charge in [0.25, 0.3) is 0 Å². The molecule has 1 aromatic heterocycles. The standard InChI is InChI=1S/C10H10ClN/c1-7-5-9(11)8-3-4-12(2)10(8)6-7/h3-6H,1-2H3. The molecule has 2 heteroatoms. The highest BCUT2D eigenvalue weighted by Gasteiger charge is 2.02. The molecule has 1 aromatic carbocycles. The van der Waals surface area contributed by atoms with E-state index in [1.165, 1.54) is 11.1 Å². The fraction of sp³-hybridized carbons (Fsp3) is 0.200. The molecule has 0 aliphatic rings. The molecule has 2 aromatic rings. The van der Waals surface area contributed by atoms with E-state index in [1.54, 1.807) is 0 Å². The predicted molar refractivity (Wildman–Crippen MR) is 52.7 cm³/mol. The van der Waals surface area contributed by atoms with E-state index in [4.69, 9.17) is 11.6 Å². The van der Waals surface area contributed by atoms with Crippen LogP contribution < -0.4 is 0 Å². The van der Waals surface area contributed by atoms with Gasteiger partial charge in [-0.15, -0.1) is 0 Å². The molecule has 62 valence electrons. The summed E-state index contributed by atoms with van der Waals surface area (Å²) in [5, 5.41) is 1.97. The molecule has 0 saturated heterocycles. The summed E-state index contributed by atoms with van der Waals surface area (Å²) in [5.74, 6) is 0. The van der Waals surface area contributed by atoms with E-state index in [2.05, 4.69) is 17.6 Å². The van der Waals surface area contributed by atoms with Gasteiger partial charge in [-0.3, -0.25) is 0 Å². The molecule has 0 aliphatic carbocycles. The molecule has 0 amide bonds. The van der Waals surface area contributed by atoms with Crippen LogP contribution in [-0.2, 0) is 7.05 Å². The van der Waals surface area contributed by atoms with Crippen LogP contribution >= 0.6 is 11.6 Å². The molecule has 0 atom stereocenters. The number of hydrogen-bond acceptors (Lipinski definition) is 0. The van der Waals surface area contributed by atoms with Crippen LogP contribution in [-0.4, -0.2) is 4.57 Å². The van der Waals surface area contributed by atoms with Crippen LogP contribution in [0.4, 0.5) is 0 Å². The zero-order chi connectivity index (χ0) is 8.72. The van der Waals surface area contributed by atoms with Gasteiger partial charge in [0.1, 0.15) is 0 Å². The van der Waals surface area contributed by atoms with Gasteiger partial charge in [0, 0.05) is 24.1 Å². The Hall–Kier alpha value is -0.950. The van der Waals surface area contributed by atoms with E-state index in [9.17, 15) is 0 Å². The Bertz CT molecular complexity index is 429. The van der Waals surface area contributed by atoms with Crippen molar-refractivity contribution in [1.82, 2.24) is 4.57 Å². The molecule has 0 bridgehead atoms. The van der Waals surface area contributed by atoms with Crippen molar-refractivity contribution < 1.29 is 0 Å². The second-order valence-electron chi connectivity index (χ2n) is 3.11. The molecule has 12 heavy (non-hydrogen) atoms. The summed E-state index contributed by atoms with van der Waals surface area (Å²) in [7, 11) is 2.03. The molecule has 0 fully saturated rings. The minimum absolute atomic E-state index is 0.839. The Morgan fingerprint density at radius 1 is 1.33 bits per heavy atom. The first-order valence-corrected chi connectivity index (χ1v) is 4.27. The molecular formula is C10H10ClN. The van der Waals surface area contributed by atoms with Crippen molar-refractivity contribution in [3.8, 4) is 0 Å². The normalized spacial score (nSPS) is 10.9. The van der Waals surface area contributed by atoms with Gasteiger partial charge in [-0.1, -0.05) is 11.6 Å². The van der Waals surface area contributed by atoms with Gasteiger partial charge in [-0.05, 0) is 30.7 Å².